The molecule has 0 saturated carbocycles. The van der Waals surface area contributed by atoms with Crippen LogP contribution in [-0.2, 0) is 21.7 Å². The summed E-state index contributed by atoms with van der Waals surface area (Å²) in [4.78, 5) is 0. The Morgan fingerprint density at radius 1 is 0.750 bits per heavy atom. The average Bonchev–Trinajstić information content (AvgIpc) is 0. The third-order valence-corrected chi connectivity index (χ3v) is 0. The molecule has 1 nitrogen and oxygen atoms in total. The summed E-state index contributed by atoms with van der Waals surface area (Å²) in [6.07, 6.45) is 0. The molecule has 0 rings (SSSR count). The van der Waals surface area contributed by atoms with Crippen molar-refractivity contribution < 1.29 is 31.1 Å². The van der Waals surface area contributed by atoms with Crippen molar-refractivity contribution in [1.82, 2.24) is 6.15 Å². The fourth-order valence-electron chi connectivity index (χ4n) is 0. The molecule has 0 unspecified atom stereocenters. The predicted molar refractivity (Wildman–Crippen MR) is 10.0 cm³/mol. The first-order valence-corrected chi connectivity index (χ1v) is 0. The fraction of sp³-hybridized carbons (Fsp3) is 0. The standard InChI is InChI=1S/2FH.H3N.Ti/h2*1H;1H3;. The second-order valence-electron chi connectivity index (χ2n) is 0. The van der Waals surface area contributed by atoms with E-state index in [0.717, 1.165) is 0 Å². The van der Waals surface area contributed by atoms with Crippen LogP contribution in [0.2, 0.25) is 0 Å². The van der Waals surface area contributed by atoms with E-state index in [2.05, 4.69) is 0 Å². The van der Waals surface area contributed by atoms with E-state index in [1.165, 1.54) is 0 Å². The molecule has 28 valence electrons. The molecule has 0 saturated heterocycles. The van der Waals surface area contributed by atoms with Crippen molar-refractivity contribution in [3.05, 3.63) is 0 Å². The van der Waals surface area contributed by atoms with Gasteiger partial charge in [-0.3, -0.25) is 9.41 Å². The molecule has 0 aromatic rings. The number of hydrogen-bond acceptors (Lipinski definition) is 1. The van der Waals surface area contributed by atoms with E-state index in [-0.39, 0.29) is 37.3 Å². The largest absolute Gasteiger partial charge is 0.344 e. The number of rotatable bonds is 0. The predicted octanol–water partition coefficient (Wildman–Crippen LogP) is 0.465. The zero-order chi connectivity index (χ0) is 0. The molecule has 4 heavy (non-hydrogen) atoms. The van der Waals surface area contributed by atoms with Gasteiger partial charge < -0.3 is 6.15 Å². The Kier molecular flexibility index (Phi) is 3940. The number of hydrogen-bond donors (Lipinski definition) is 1. The Labute approximate surface area is 38.0 Å². The molecule has 0 heterocycles. The van der Waals surface area contributed by atoms with E-state index in [9.17, 15) is 0 Å². The Balaban J connectivity index is 0. The SMILES string of the molecule is F.F.N.[Ti]. The second-order valence-corrected chi connectivity index (χ2v) is 0. The van der Waals surface area contributed by atoms with Gasteiger partial charge in [-0.25, -0.2) is 0 Å². The first-order chi connectivity index (χ1) is 0. The van der Waals surface area contributed by atoms with E-state index >= 15 is 0 Å². The van der Waals surface area contributed by atoms with Crippen molar-refractivity contribution in [2.75, 3.05) is 0 Å². The maximum Gasteiger partial charge on any atom is 0 e. The van der Waals surface area contributed by atoms with Gasteiger partial charge in [0, 0.05) is 21.7 Å². The Hall–Kier alpha value is 0.534. The quantitative estimate of drug-likeness (QED) is 0.446. The fourth-order valence-corrected chi connectivity index (χ4v) is 0. The molecular weight excluding hydrogens is 99.9 g/mol. The van der Waals surface area contributed by atoms with Gasteiger partial charge in [0.2, 0.25) is 0 Å². The van der Waals surface area contributed by atoms with Crippen LogP contribution in [0.5, 0.6) is 0 Å². The summed E-state index contributed by atoms with van der Waals surface area (Å²) in [5.41, 5.74) is 0. The summed E-state index contributed by atoms with van der Waals surface area (Å²) < 4.78 is 0. The van der Waals surface area contributed by atoms with Crippen LogP contribution < -0.4 is 6.15 Å². The van der Waals surface area contributed by atoms with Gasteiger partial charge in [0.25, 0.3) is 0 Å². The molecule has 0 aromatic carbocycles. The van der Waals surface area contributed by atoms with Crippen molar-refractivity contribution >= 4 is 0 Å². The minimum atomic E-state index is 0. The summed E-state index contributed by atoms with van der Waals surface area (Å²) in [5.74, 6) is 0. The molecule has 0 fully saturated rings. The summed E-state index contributed by atoms with van der Waals surface area (Å²) >= 11 is 0. The van der Waals surface area contributed by atoms with Gasteiger partial charge in [-0.15, -0.1) is 0 Å². The van der Waals surface area contributed by atoms with Crippen molar-refractivity contribution in [1.29, 1.82) is 0 Å². The van der Waals surface area contributed by atoms with E-state index in [0.29, 0.717) is 0 Å². The van der Waals surface area contributed by atoms with E-state index in [1.807, 2.05) is 0 Å². The average molecular weight is 105 g/mol. The van der Waals surface area contributed by atoms with Crippen LogP contribution in [0, 0.1) is 0 Å². The molecule has 0 aliphatic carbocycles. The third kappa shape index (κ3) is 20.9. The maximum atomic E-state index is 0. The normalized spacial score (nSPS) is 0. The minimum Gasteiger partial charge on any atom is -0.344 e. The van der Waals surface area contributed by atoms with Crippen molar-refractivity contribution in [2.45, 2.75) is 0 Å². The topological polar surface area (TPSA) is 35.0 Å². The summed E-state index contributed by atoms with van der Waals surface area (Å²) in [7, 11) is 0. The molecule has 0 radical (unpaired) electrons. The van der Waals surface area contributed by atoms with E-state index in [4.69, 9.17) is 0 Å². The van der Waals surface area contributed by atoms with Crippen LogP contribution in [0.25, 0.3) is 0 Å². The summed E-state index contributed by atoms with van der Waals surface area (Å²) in [6, 6.07) is 0. The van der Waals surface area contributed by atoms with Gasteiger partial charge in [-0.2, -0.15) is 0 Å². The Bertz CT molecular complexity index is 6.00. The zero-order valence-corrected chi connectivity index (χ0v) is 3.59. The third-order valence-electron chi connectivity index (χ3n) is 0. The molecular formula is H5F2NTi. The first kappa shape index (κ1) is 198. The van der Waals surface area contributed by atoms with Gasteiger partial charge in [-0.05, 0) is 0 Å². The molecule has 0 aromatic heterocycles. The molecule has 0 aliphatic heterocycles. The summed E-state index contributed by atoms with van der Waals surface area (Å²) in [6.45, 7) is 0. The van der Waals surface area contributed by atoms with Gasteiger partial charge in [0.05, 0.1) is 0 Å². The zero-order valence-electron chi connectivity index (χ0n) is 2.02. The van der Waals surface area contributed by atoms with Gasteiger partial charge in [0.1, 0.15) is 0 Å². The maximum absolute atomic E-state index is 0. The van der Waals surface area contributed by atoms with Crippen molar-refractivity contribution in [2.24, 2.45) is 0 Å². The molecule has 0 atom stereocenters. The molecule has 0 spiro atoms. The van der Waals surface area contributed by atoms with Crippen molar-refractivity contribution in [3.8, 4) is 0 Å². The van der Waals surface area contributed by atoms with E-state index < -0.39 is 0 Å². The van der Waals surface area contributed by atoms with Crippen LogP contribution in [0.4, 0.5) is 9.41 Å². The molecule has 4 heteroatoms. The number of halogens is 2. The smallest absolute Gasteiger partial charge is 0 e. The van der Waals surface area contributed by atoms with Crippen LogP contribution >= 0.6 is 0 Å². The van der Waals surface area contributed by atoms with Gasteiger partial charge >= 0.3 is 0 Å². The van der Waals surface area contributed by atoms with Gasteiger partial charge in [-0.1, -0.05) is 0 Å². The minimum absolute atomic E-state index is 0. The van der Waals surface area contributed by atoms with Crippen LogP contribution in [-0.4, -0.2) is 0 Å². The Morgan fingerprint density at radius 3 is 0.750 bits per heavy atom. The molecule has 0 bridgehead atoms. The summed E-state index contributed by atoms with van der Waals surface area (Å²) in [5, 5.41) is 0. The van der Waals surface area contributed by atoms with Crippen LogP contribution in [0.1, 0.15) is 0 Å². The van der Waals surface area contributed by atoms with Crippen LogP contribution in [0.3, 0.4) is 0 Å². The molecule has 0 amide bonds. The first-order valence-electron chi connectivity index (χ1n) is 0. The second kappa shape index (κ2) is 79.5. The van der Waals surface area contributed by atoms with Gasteiger partial charge in [0.15, 0.2) is 0 Å². The van der Waals surface area contributed by atoms with Crippen molar-refractivity contribution in [3.63, 3.8) is 0 Å². The molecule has 0 aliphatic rings. The van der Waals surface area contributed by atoms with E-state index in [1.54, 1.807) is 0 Å². The Morgan fingerprint density at radius 2 is 0.750 bits per heavy atom. The monoisotopic (exact) mass is 105 g/mol. The molecule has 3 N–H and O–H groups in total. The van der Waals surface area contributed by atoms with Crippen LogP contribution in [0.15, 0.2) is 0 Å².